The maximum Gasteiger partial charge on any atom is 0.00748 e. The van der Waals surface area contributed by atoms with Crippen LogP contribution >= 0.6 is 15.9 Å². The van der Waals surface area contributed by atoms with Gasteiger partial charge in [0.2, 0.25) is 0 Å². The van der Waals surface area contributed by atoms with Gasteiger partial charge >= 0.3 is 0 Å². The third kappa shape index (κ3) is 6.83. The molecule has 0 N–H and O–H groups in total. The van der Waals surface area contributed by atoms with Gasteiger partial charge in [-0.2, -0.15) is 0 Å². The van der Waals surface area contributed by atoms with E-state index in [0.29, 0.717) is 0 Å². The van der Waals surface area contributed by atoms with Crippen molar-refractivity contribution < 1.29 is 0 Å². The highest BCUT2D eigenvalue weighted by Gasteiger charge is 2.11. The van der Waals surface area contributed by atoms with Gasteiger partial charge in [0.15, 0.2) is 0 Å². The molecule has 0 radical (unpaired) electrons. The quantitative estimate of drug-likeness (QED) is 0.567. The molecule has 0 spiro atoms. The lowest BCUT2D eigenvalue weighted by molar-refractivity contribution is 0.199. The first-order valence-corrected chi connectivity index (χ1v) is 7.18. The fourth-order valence-electron chi connectivity index (χ4n) is 1.62. The fourth-order valence-corrected chi connectivity index (χ4v) is 2.28. The molecule has 0 aliphatic rings. The Morgan fingerprint density at radius 2 is 1.57 bits per heavy atom. The zero-order chi connectivity index (χ0) is 10.8. The molecule has 86 valence electrons. The molecule has 1 nitrogen and oxygen atoms in total. The maximum absolute atomic E-state index is 3.53. The minimum atomic E-state index is 0.743. The summed E-state index contributed by atoms with van der Waals surface area (Å²) in [5, 5.41) is 1.13. The lowest BCUT2D eigenvalue weighted by Crippen LogP contribution is -2.35. The molecule has 14 heavy (non-hydrogen) atoms. The molecule has 0 saturated carbocycles. The smallest absolute Gasteiger partial charge is 0.00748 e. The van der Waals surface area contributed by atoms with Crippen LogP contribution in [0.15, 0.2) is 0 Å². The Morgan fingerprint density at radius 1 is 1.07 bits per heavy atom. The van der Waals surface area contributed by atoms with Gasteiger partial charge < -0.3 is 4.90 Å². The third-order valence-corrected chi connectivity index (χ3v) is 3.21. The van der Waals surface area contributed by atoms with E-state index < -0.39 is 0 Å². The first kappa shape index (κ1) is 14.4. The van der Waals surface area contributed by atoms with Gasteiger partial charge in [-0.05, 0) is 39.3 Å². The number of rotatable bonds is 9. The van der Waals surface area contributed by atoms with Crippen LogP contribution in [0.5, 0.6) is 0 Å². The lowest BCUT2D eigenvalue weighted by atomic mass is 10.2. The van der Waals surface area contributed by atoms with Crippen molar-refractivity contribution in [2.75, 3.05) is 18.4 Å². The maximum atomic E-state index is 3.53. The highest BCUT2D eigenvalue weighted by Crippen LogP contribution is 2.09. The average molecular weight is 264 g/mol. The molecule has 0 amide bonds. The lowest BCUT2D eigenvalue weighted by Gasteiger charge is -2.28. The van der Waals surface area contributed by atoms with Crippen LogP contribution in [0.25, 0.3) is 0 Å². The predicted octanol–water partition coefficient (Wildman–Crippen LogP) is 4.06. The molecule has 0 bridgehead atoms. The summed E-state index contributed by atoms with van der Waals surface area (Å²) in [6, 6.07) is 0.743. The van der Waals surface area contributed by atoms with Crippen LogP contribution in [0.2, 0.25) is 0 Å². The van der Waals surface area contributed by atoms with Crippen molar-refractivity contribution in [3.63, 3.8) is 0 Å². The van der Waals surface area contributed by atoms with Crippen molar-refractivity contribution in [1.29, 1.82) is 0 Å². The Morgan fingerprint density at radius 3 is 1.93 bits per heavy atom. The number of alkyl halides is 1. The van der Waals surface area contributed by atoms with Gasteiger partial charge in [0.1, 0.15) is 0 Å². The zero-order valence-corrected chi connectivity index (χ0v) is 11.6. The van der Waals surface area contributed by atoms with Gasteiger partial charge in [0, 0.05) is 11.4 Å². The second kappa shape index (κ2) is 9.97. The van der Waals surface area contributed by atoms with Crippen LogP contribution in [0.1, 0.15) is 52.9 Å². The van der Waals surface area contributed by atoms with E-state index >= 15 is 0 Å². The molecule has 0 saturated heterocycles. The molecule has 1 atom stereocenters. The molecule has 0 aromatic carbocycles. The number of halogens is 1. The number of unbranched alkanes of at least 4 members (excludes halogenated alkanes) is 2. The second-order valence-corrected chi connectivity index (χ2v) is 4.86. The normalized spacial score (nSPS) is 13.5. The summed E-state index contributed by atoms with van der Waals surface area (Å²) in [4.78, 5) is 2.65. The standard InChI is InChI=1S/C12H26BrN/c1-4-6-10-14(11-7-5-2)12(3)8-9-13/h12H,4-11H2,1-3H3. The van der Waals surface area contributed by atoms with Crippen LogP contribution in [0.4, 0.5) is 0 Å². The first-order valence-electron chi connectivity index (χ1n) is 6.06. The SMILES string of the molecule is CCCCN(CCCC)C(C)CCBr. The van der Waals surface area contributed by atoms with E-state index in [1.165, 1.54) is 45.2 Å². The third-order valence-electron chi connectivity index (χ3n) is 2.75. The molecule has 0 aliphatic heterocycles. The molecular formula is C12H26BrN. The van der Waals surface area contributed by atoms with Gasteiger partial charge in [-0.25, -0.2) is 0 Å². The number of hydrogen-bond donors (Lipinski definition) is 0. The van der Waals surface area contributed by atoms with Crippen molar-refractivity contribution in [1.82, 2.24) is 4.90 Å². The summed E-state index contributed by atoms with van der Waals surface area (Å²) in [5.74, 6) is 0. The second-order valence-electron chi connectivity index (χ2n) is 4.07. The van der Waals surface area contributed by atoms with Gasteiger partial charge in [-0.15, -0.1) is 0 Å². The molecule has 0 aromatic heterocycles. The highest BCUT2D eigenvalue weighted by molar-refractivity contribution is 9.09. The summed E-state index contributed by atoms with van der Waals surface area (Å²) in [6.45, 7) is 9.46. The highest BCUT2D eigenvalue weighted by atomic mass is 79.9. The number of hydrogen-bond acceptors (Lipinski definition) is 1. The summed E-state index contributed by atoms with van der Waals surface area (Å²) >= 11 is 3.53. The van der Waals surface area contributed by atoms with E-state index in [4.69, 9.17) is 0 Å². The van der Waals surface area contributed by atoms with E-state index in [1.54, 1.807) is 0 Å². The van der Waals surface area contributed by atoms with Crippen molar-refractivity contribution >= 4 is 15.9 Å². The van der Waals surface area contributed by atoms with Crippen molar-refractivity contribution in [2.45, 2.75) is 58.9 Å². The monoisotopic (exact) mass is 263 g/mol. The Labute approximate surface area is 98.4 Å². The molecule has 0 heterocycles. The molecule has 2 heteroatoms. The predicted molar refractivity (Wildman–Crippen MR) is 69.3 cm³/mol. The number of nitrogens with zero attached hydrogens (tertiary/aromatic N) is 1. The minimum absolute atomic E-state index is 0.743. The van der Waals surface area contributed by atoms with Crippen LogP contribution in [-0.4, -0.2) is 29.4 Å². The summed E-state index contributed by atoms with van der Waals surface area (Å²) in [7, 11) is 0. The van der Waals surface area contributed by atoms with Gasteiger partial charge in [0.05, 0.1) is 0 Å². The fraction of sp³-hybridized carbons (Fsp3) is 1.00. The Bertz CT molecular complexity index is 109. The van der Waals surface area contributed by atoms with E-state index in [0.717, 1.165) is 11.4 Å². The largest absolute Gasteiger partial charge is 0.301 e. The molecule has 0 aromatic rings. The molecule has 1 unspecified atom stereocenters. The Balaban J connectivity index is 3.81. The minimum Gasteiger partial charge on any atom is -0.301 e. The molecule has 0 rings (SSSR count). The summed E-state index contributed by atoms with van der Waals surface area (Å²) in [5.41, 5.74) is 0. The van der Waals surface area contributed by atoms with E-state index in [1.807, 2.05) is 0 Å². The Kier molecular flexibility index (Phi) is 10.3. The first-order chi connectivity index (χ1) is 6.76. The van der Waals surface area contributed by atoms with Crippen LogP contribution < -0.4 is 0 Å². The Hall–Kier alpha value is 0.440. The van der Waals surface area contributed by atoms with Gasteiger partial charge in [-0.3, -0.25) is 0 Å². The molecular weight excluding hydrogens is 238 g/mol. The van der Waals surface area contributed by atoms with E-state index in [9.17, 15) is 0 Å². The van der Waals surface area contributed by atoms with Crippen molar-refractivity contribution in [2.24, 2.45) is 0 Å². The summed E-state index contributed by atoms with van der Waals surface area (Å²) < 4.78 is 0. The van der Waals surface area contributed by atoms with Crippen LogP contribution in [0, 0.1) is 0 Å². The summed E-state index contributed by atoms with van der Waals surface area (Å²) in [6.07, 6.45) is 6.58. The van der Waals surface area contributed by atoms with E-state index in [2.05, 4.69) is 41.6 Å². The van der Waals surface area contributed by atoms with Crippen LogP contribution in [0.3, 0.4) is 0 Å². The van der Waals surface area contributed by atoms with Crippen molar-refractivity contribution in [3.05, 3.63) is 0 Å². The topological polar surface area (TPSA) is 3.24 Å². The van der Waals surface area contributed by atoms with Gasteiger partial charge in [0.25, 0.3) is 0 Å². The van der Waals surface area contributed by atoms with Gasteiger partial charge in [-0.1, -0.05) is 42.6 Å². The van der Waals surface area contributed by atoms with Crippen molar-refractivity contribution in [3.8, 4) is 0 Å². The zero-order valence-electron chi connectivity index (χ0n) is 10.1. The van der Waals surface area contributed by atoms with Crippen LogP contribution in [-0.2, 0) is 0 Å². The van der Waals surface area contributed by atoms with E-state index in [-0.39, 0.29) is 0 Å². The average Bonchev–Trinajstić information content (AvgIpc) is 2.18. The molecule has 0 fully saturated rings. The molecule has 0 aliphatic carbocycles.